The minimum Gasteiger partial charge on any atom is -0.476 e. The predicted molar refractivity (Wildman–Crippen MR) is 67.6 cm³/mol. The zero-order chi connectivity index (χ0) is 15.6. The van der Waals surface area contributed by atoms with Gasteiger partial charge in [0, 0.05) is 12.1 Å². The van der Waals surface area contributed by atoms with Gasteiger partial charge in [-0.3, -0.25) is 14.9 Å². The van der Waals surface area contributed by atoms with Crippen LogP contribution in [0, 0.1) is 15.9 Å². The third-order valence-corrected chi connectivity index (χ3v) is 2.64. The molecule has 8 nitrogen and oxygen atoms in total. The van der Waals surface area contributed by atoms with Crippen molar-refractivity contribution in [2.45, 2.75) is 6.54 Å². The first-order valence-corrected chi connectivity index (χ1v) is 5.63. The van der Waals surface area contributed by atoms with E-state index in [4.69, 9.17) is 5.11 Å². The molecule has 0 aliphatic heterocycles. The van der Waals surface area contributed by atoms with Gasteiger partial charge in [0.2, 0.25) is 0 Å². The van der Waals surface area contributed by atoms with E-state index in [-0.39, 0.29) is 11.3 Å². The maximum atomic E-state index is 13.2. The lowest BCUT2D eigenvalue weighted by Crippen LogP contribution is -2.25. The highest BCUT2D eigenvalue weighted by molar-refractivity contribution is 5.84. The van der Waals surface area contributed by atoms with Gasteiger partial charge in [-0.25, -0.2) is 13.9 Å². The lowest BCUT2D eigenvalue weighted by Gasteiger charge is -2.06. The average Bonchev–Trinajstić information content (AvgIpc) is 2.40. The fourth-order valence-electron chi connectivity index (χ4n) is 1.70. The van der Waals surface area contributed by atoms with Crippen LogP contribution in [0.1, 0.15) is 16.1 Å². The molecule has 0 aliphatic rings. The lowest BCUT2D eigenvalue weighted by atomic mass is 10.1. The molecule has 1 aromatic carbocycles. The molecule has 0 atom stereocenters. The summed E-state index contributed by atoms with van der Waals surface area (Å²) in [5.41, 5.74) is -1.52. The Labute approximate surface area is 116 Å². The number of benzene rings is 1. The molecule has 0 radical (unpaired) electrons. The molecule has 0 saturated heterocycles. The summed E-state index contributed by atoms with van der Waals surface area (Å²) < 4.78 is 13.9. The maximum absolute atomic E-state index is 13.2. The fraction of sp³-hybridized carbons (Fsp3) is 0.0833. The van der Waals surface area contributed by atoms with E-state index in [0.717, 1.165) is 35.0 Å². The number of carboxylic acids is 1. The molecular formula is C12H8FN3O5. The van der Waals surface area contributed by atoms with Crippen LogP contribution in [0.25, 0.3) is 0 Å². The van der Waals surface area contributed by atoms with E-state index < -0.39 is 34.5 Å². The Morgan fingerprint density at radius 3 is 2.71 bits per heavy atom. The molecule has 0 bridgehead atoms. The number of nitro groups is 1. The van der Waals surface area contributed by atoms with Crippen LogP contribution in [-0.2, 0) is 6.54 Å². The van der Waals surface area contributed by atoms with Gasteiger partial charge in [0.25, 0.3) is 11.2 Å². The topological polar surface area (TPSA) is 115 Å². The fourth-order valence-corrected chi connectivity index (χ4v) is 1.70. The van der Waals surface area contributed by atoms with E-state index in [1.54, 1.807) is 0 Å². The van der Waals surface area contributed by atoms with Crippen LogP contribution in [0.3, 0.4) is 0 Å². The SMILES string of the molecule is O=C(O)c1ccc(=O)n(Cc2cc(F)ccc2[N+](=O)[O-])n1. The first-order valence-electron chi connectivity index (χ1n) is 5.63. The molecule has 2 aromatic rings. The van der Waals surface area contributed by atoms with Gasteiger partial charge in [-0.2, -0.15) is 5.10 Å². The summed E-state index contributed by atoms with van der Waals surface area (Å²) in [6.45, 7) is -0.409. The van der Waals surface area contributed by atoms with Crippen LogP contribution < -0.4 is 5.56 Å². The third-order valence-electron chi connectivity index (χ3n) is 2.64. The summed E-state index contributed by atoms with van der Waals surface area (Å²) in [6.07, 6.45) is 0. The Bertz CT molecular complexity index is 787. The molecule has 1 heterocycles. The van der Waals surface area contributed by atoms with Crippen LogP contribution in [0.5, 0.6) is 0 Å². The zero-order valence-corrected chi connectivity index (χ0v) is 10.4. The molecule has 1 aromatic heterocycles. The summed E-state index contributed by atoms with van der Waals surface area (Å²) in [6, 6.07) is 4.78. The van der Waals surface area contributed by atoms with Crippen molar-refractivity contribution in [2.24, 2.45) is 0 Å². The number of carboxylic acid groups (broad SMARTS) is 1. The second-order valence-electron chi connectivity index (χ2n) is 4.05. The summed E-state index contributed by atoms with van der Waals surface area (Å²) in [7, 11) is 0. The minimum atomic E-state index is -1.35. The molecule has 0 saturated carbocycles. The van der Waals surface area contributed by atoms with Crippen molar-refractivity contribution in [3.8, 4) is 0 Å². The number of rotatable bonds is 4. The van der Waals surface area contributed by atoms with Gasteiger partial charge in [0.1, 0.15) is 5.82 Å². The van der Waals surface area contributed by atoms with Gasteiger partial charge in [0.15, 0.2) is 5.69 Å². The van der Waals surface area contributed by atoms with Crippen molar-refractivity contribution in [1.82, 2.24) is 9.78 Å². The Morgan fingerprint density at radius 1 is 1.38 bits per heavy atom. The first-order chi connectivity index (χ1) is 9.88. The number of hydrogen-bond donors (Lipinski definition) is 1. The molecule has 1 N–H and O–H groups in total. The Hall–Kier alpha value is -3.10. The van der Waals surface area contributed by atoms with Crippen molar-refractivity contribution < 1.29 is 19.2 Å². The number of aromatic carboxylic acids is 1. The highest BCUT2D eigenvalue weighted by Crippen LogP contribution is 2.19. The van der Waals surface area contributed by atoms with Crippen molar-refractivity contribution in [1.29, 1.82) is 0 Å². The third kappa shape index (κ3) is 3.08. The zero-order valence-electron chi connectivity index (χ0n) is 10.4. The molecule has 0 spiro atoms. The number of nitrogens with zero attached hydrogens (tertiary/aromatic N) is 3. The summed E-state index contributed by atoms with van der Waals surface area (Å²) >= 11 is 0. The molecule has 108 valence electrons. The molecular weight excluding hydrogens is 285 g/mol. The first kappa shape index (κ1) is 14.3. The van der Waals surface area contributed by atoms with E-state index in [0.29, 0.717) is 0 Å². The quantitative estimate of drug-likeness (QED) is 0.665. The van der Waals surface area contributed by atoms with Crippen LogP contribution >= 0.6 is 0 Å². The average molecular weight is 293 g/mol. The van der Waals surface area contributed by atoms with Crippen molar-refractivity contribution in [3.63, 3.8) is 0 Å². The second kappa shape index (κ2) is 5.49. The smallest absolute Gasteiger partial charge is 0.356 e. The van der Waals surface area contributed by atoms with Gasteiger partial charge in [-0.15, -0.1) is 0 Å². The van der Waals surface area contributed by atoms with Crippen molar-refractivity contribution >= 4 is 11.7 Å². The van der Waals surface area contributed by atoms with Crippen molar-refractivity contribution in [2.75, 3.05) is 0 Å². The Morgan fingerprint density at radius 2 is 2.10 bits per heavy atom. The van der Waals surface area contributed by atoms with E-state index >= 15 is 0 Å². The van der Waals surface area contributed by atoms with Crippen molar-refractivity contribution in [3.05, 3.63) is 67.9 Å². The lowest BCUT2D eigenvalue weighted by molar-refractivity contribution is -0.385. The number of carbonyl (C=O) groups is 1. The standard InChI is InChI=1S/C12H8FN3O5/c13-8-1-3-10(16(20)21)7(5-8)6-15-11(17)4-2-9(14-15)12(18)19/h1-5H,6H2,(H,18,19). The number of halogens is 1. The van der Waals surface area contributed by atoms with Gasteiger partial charge in [-0.05, 0) is 18.2 Å². The van der Waals surface area contributed by atoms with E-state index in [1.165, 1.54) is 0 Å². The molecule has 0 amide bonds. The predicted octanol–water partition coefficient (Wildman–Crippen LogP) is 1.04. The molecule has 9 heteroatoms. The summed E-state index contributed by atoms with van der Waals surface area (Å²) in [5.74, 6) is -2.06. The van der Waals surface area contributed by atoms with Crippen LogP contribution in [0.2, 0.25) is 0 Å². The van der Waals surface area contributed by atoms with Gasteiger partial charge >= 0.3 is 5.97 Å². The highest BCUT2D eigenvalue weighted by atomic mass is 19.1. The number of aromatic nitrogens is 2. The Kier molecular flexibility index (Phi) is 3.74. The summed E-state index contributed by atoms with van der Waals surface area (Å²) in [5, 5.41) is 23.2. The molecule has 0 unspecified atom stereocenters. The van der Waals surface area contributed by atoms with E-state index in [1.807, 2.05) is 0 Å². The van der Waals surface area contributed by atoms with Gasteiger partial charge in [0.05, 0.1) is 17.0 Å². The normalized spacial score (nSPS) is 10.3. The largest absolute Gasteiger partial charge is 0.476 e. The molecule has 0 aliphatic carbocycles. The highest BCUT2D eigenvalue weighted by Gasteiger charge is 2.16. The van der Waals surface area contributed by atoms with Gasteiger partial charge < -0.3 is 5.11 Å². The number of nitro benzene ring substituents is 1. The second-order valence-corrected chi connectivity index (χ2v) is 4.05. The van der Waals surface area contributed by atoms with Crippen LogP contribution in [-0.4, -0.2) is 25.8 Å². The van der Waals surface area contributed by atoms with Crippen LogP contribution in [0.4, 0.5) is 10.1 Å². The van der Waals surface area contributed by atoms with Crippen LogP contribution in [0.15, 0.2) is 35.1 Å². The Balaban J connectivity index is 2.49. The molecule has 0 fully saturated rings. The van der Waals surface area contributed by atoms with E-state index in [9.17, 15) is 24.1 Å². The van der Waals surface area contributed by atoms with Gasteiger partial charge in [-0.1, -0.05) is 0 Å². The molecule has 2 rings (SSSR count). The monoisotopic (exact) mass is 293 g/mol. The van der Waals surface area contributed by atoms with E-state index in [2.05, 4.69) is 5.10 Å². The summed E-state index contributed by atoms with van der Waals surface area (Å²) in [4.78, 5) is 32.6. The minimum absolute atomic E-state index is 0.0860. The number of hydrogen-bond acceptors (Lipinski definition) is 5. The maximum Gasteiger partial charge on any atom is 0.356 e. The molecule has 21 heavy (non-hydrogen) atoms.